The number of nitrogens with zero attached hydrogens (tertiary/aromatic N) is 3. The SMILES string of the molecule is C[C@H](C1CC1)N(C)C(=O)OCc1c(-c2ccc(C34CCC(CC(=O)O)(CC3)OC4)cc2)cnn1C. The van der Waals surface area contributed by atoms with Gasteiger partial charge in [-0.05, 0) is 62.5 Å². The van der Waals surface area contributed by atoms with Crippen LogP contribution in [0.15, 0.2) is 30.5 Å². The summed E-state index contributed by atoms with van der Waals surface area (Å²) in [4.78, 5) is 25.5. The van der Waals surface area contributed by atoms with E-state index in [4.69, 9.17) is 9.47 Å². The lowest BCUT2D eigenvalue weighted by atomic mass is 9.62. The van der Waals surface area contributed by atoms with E-state index in [-0.39, 0.29) is 30.6 Å². The standard InChI is InChI=1S/C27H35N3O5/c1-18(19-4-5-19)29(2)25(33)34-16-23-22(15-28-30(23)3)20-6-8-21(9-7-20)26-10-12-27(13-11-26,35-17-26)14-24(31)32/h6-9,15,18-19H,4-5,10-14,16-17H2,1-3H3,(H,31,32)/t18-,26?,27?/m1/s1. The molecular formula is C27H35N3O5. The van der Waals surface area contributed by atoms with Crippen molar-refractivity contribution in [3.05, 3.63) is 41.7 Å². The Labute approximate surface area is 206 Å². The normalized spacial score (nSPS) is 26.4. The zero-order chi connectivity index (χ0) is 24.8. The molecule has 188 valence electrons. The van der Waals surface area contributed by atoms with E-state index in [2.05, 4.69) is 36.3 Å². The van der Waals surface area contributed by atoms with Crippen molar-refractivity contribution in [3.63, 3.8) is 0 Å². The molecule has 4 aliphatic rings. The second-order valence-electron chi connectivity index (χ2n) is 10.8. The summed E-state index contributed by atoms with van der Waals surface area (Å²) < 4.78 is 13.5. The van der Waals surface area contributed by atoms with Crippen molar-refractivity contribution in [2.45, 2.75) is 75.5 Å². The molecule has 1 N–H and O–H groups in total. The zero-order valence-corrected chi connectivity index (χ0v) is 20.8. The molecule has 0 radical (unpaired) electrons. The molecule has 0 spiro atoms. The number of rotatable bonds is 8. The van der Waals surface area contributed by atoms with Gasteiger partial charge in [-0.3, -0.25) is 9.48 Å². The molecule has 1 amide bonds. The Morgan fingerprint density at radius 1 is 1.23 bits per heavy atom. The van der Waals surface area contributed by atoms with Crippen LogP contribution in [-0.4, -0.2) is 57.1 Å². The number of amides is 1. The summed E-state index contributed by atoms with van der Waals surface area (Å²) in [7, 11) is 3.67. The Morgan fingerprint density at radius 3 is 2.49 bits per heavy atom. The molecule has 2 saturated carbocycles. The molecule has 1 aromatic carbocycles. The predicted octanol–water partition coefficient (Wildman–Crippen LogP) is 4.51. The quantitative estimate of drug-likeness (QED) is 0.596. The van der Waals surface area contributed by atoms with Crippen LogP contribution in [0, 0.1) is 5.92 Å². The second-order valence-corrected chi connectivity index (χ2v) is 10.8. The fourth-order valence-corrected chi connectivity index (χ4v) is 5.81. The zero-order valence-electron chi connectivity index (χ0n) is 20.8. The van der Waals surface area contributed by atoms with Crippen LogP contribution >= 0.6 is 0 Å². The van der Waals surface area contributed by atoms with Crippen LogP contribution in [0.3, 0.4) is 0 Å². The average Bonchev–Trinajstić information content (AvgIpc) is 3.65. The number of carbonyl (C=O) groups excluding carboxylic acids is 1. The summed E-state index contributed by atoms with van der Waals surface area (Å²) in [6, 6.07) is 8.70. The van der Waals surface area contributed by atoms with Crippen LogP contribution in [0.4, 0.5) is 4.79 Å². The van der Waals surface area contributed by atoms with Gasteiger partial charge in [-0.25, -0.2) is 4.79 Å². The van der Waals surface area contributed by atoms with Gasteiger partial charge in [0.2, 0.25) is 0 Å². The third-order valence-electron chi connectivity index (χ3n) is 8.65. The van der Waals surface area contributed by atoms with E-state index in [1.54, 1.807) is 16.6 Å². The fourth-order valence-electron chi connectivity index (χ4n) is 5.81. The molecule has 1 atom stereocenters. The maximum absolute atomic E-state index is 12.6. The highest BCUT2D eigenvalue weighted by atomic mass is 16.6. The van der Waals surface area contributed by atoms with Crippen molar-refractivity contribution in [2.75, 3.05) is 13.7 Å². The molecular weight excluding hydrogens is 446 g/mol. The first-order valence-corrected chi connectivity index (χ1v) is 12.6. The smallest absolute Gasteiger partial charge is 0.410 e. The van der Waals surface area contributed by atoms with E-state index in [0.29, 0.717) is 12.5 Å². The Balaban J connectivity index is 1.27. The first-order valence-electron chi connectivity index (χ1n) is 12.6. The minimum absolute atomic E-state index is 0.0467. The van der Waals surface area contributed by atoms with Gasteiger partial charge in [0.1, 0.15) is 6.61 Å². The van der Waals surface area contributed by atoms with Crippen LogP contribution in [0.25, 0.3) is 11.1 Å². The van der Waals surface area contributed by atoms with Gasteiger partial charge in [0.05, 0.1) is 30.5 Å². The molecule has 2 bridgehead atoms. The second kappa shape index (κ2) is 8.97. The first kappa shape index (κ1) is 23.9. The number of aromatic nitrogens is 2. The first-order chi connectivity index (χ1) is 16.7. The number of fused-ring (bicyclic) bond motifs is 3. The third kappa shape index (κ3) is 4.56. The predicted molar refractivity (Wildman–Crippen MR) is 130 cm³/mol. The highest BCUT2D eigenvalue weighted by Gasteiger charge is 2.51. The van der Waals surface area contributed by atoms with Crippen molar-refractivity contribution in [3.8, 4) is 11.1 Å². The molecule has 0 unspecified atom stereocenters. The van der Waals surface area contributed by atoms with Crippen molar-refractivity contribution in [2.24, 2.45) is 13.0 Å². The van der Waals surface area contributed by atoms with E-state index in [0.717, 1.165) is 42.5 Å². The Bertz CT molecular complexity index is 1080. The van der Waals surface area contributed by atoms with Crippen LogP contribution in [0.5, 0.6) is 0 Å². The van der Waals surface area contributed by atoms with E-state index >= 15 is 0 Å². The van der Waals surface area contributed by atoms with Gasteiger partial charge >= 0.3 is 12.1 Å². The number of hydrogen-bond acceptors (Lipinski definition) is 5. The maximum atomic E-state index is 12.6. The van der Waals surface area contributed by atoms with Gasteiger partial charge in [0.25, 0.3) is 0 Å². The molecule has 2 aromatic rings. The topological polar surface area (TPSA) is 93.9 Å². The van der Waals surface area contributed by atoms with Gasteiger partial charge < -0.3 is 19.5 Å². The average molecular weight is 482 g/mol. The molecule has 4 fully saturated rings. The van der Waals surface area contributed by atoms with E-state index in [1.165, 1.54) is 18.4 Å². The maximum Gasteiger partial charge on any atom is 0.410 e. The highest BCUT2D eigenvalue weighted by Crippen LogP contribution is 2.51. The molecule has 6 rings (SSSR count). The van der Waals surface area contributed by atoms with Gasteiger partial charge in [-0.2, -0.15) is 5.10 Å². The number of carboxylic acid groups (broad SMARTS) is 1. The number of aliphatic carboxylic acids is 1. The molecule has 8 heteroatoms. The van der Waals surface area contributed by atoms with Crippen LogP contribution < -0.4 is 0 Å². The number of aryl methyl sites for hydroxylation is 1. The number of hydrogen-bond donors (Lipinski definition) is 1. The lowest BCUT2D eigenvalue weighted by Crippen LogP contribution is -2.54. The number of ether oxygens (including phenoxy) is 2. The van der Waals surface area contributed by atoms with Crippen molar-refractivity contribution in [1.82, 2.24) is 14.7 Å². The molecule has 2 aliphatic heterocycles. The monoisotopic (exact) mass is 481 g/mol. The lowest BCUT2D eigenvalue weighted by Gasteiger charge is -2.53. The largest absolute Gasteiger partial charge is 0.481 e. The molecule has 2 saturated heterocycles. The number of benzene rings is 1. The summed E-state index contributed by atoms with van der Waals surface area (Å²) in [5.74, 6) is -0.198. The van der Waals surface area contributed by atoms with Crippen LogP contribution in [-0.2, 0) is 33.3 Å². The van der Waals surface area contributed by atoms with Crippen LogP contribution in [0.1, 0.15) is 63.1 Å². The van der Waals surface area contributed by atoms with E-state index < -0.39 is 11.6 Å². The van der Waals surface area contributed by atoms with Gasteiger partial charge in [0, 0.05) is 31.1 Å². The Morgan fingerprint density at radius 2 is 1.91 bits per heavy atom. The minimum Gasteiger partial charge on any atom is -0.481 e. The summed E-state index contributed by atoms with van der Waals surface area (Å²) >= 11 is 0. The van der Waals surface area contributed by atoms with Gasteiger partial charge in [-0.1, -0.05) is 24.3 Å². The molecule has 8 nitrogen and oxygen atoms in total. The van der Waals surface area contributed by atoms with Crippen molar-refractivity contribution < 1.29 is 24.2 Å². The number of carboxylic acids is 1. The molecule has 2 aliphatic carbocycles. The van der Waals surface area contributed by atoms with Crippen LogP contribution in [0.2, 0.25) is 0 Å². The number of carbonyl (C=O) groups is 2. The van der Waals surface area contributed by atoms with Gasteiger partial charge in [0.15, 0.2) is 0 Å². The fraction of sp³-hybridized carbons (Fsp3) is 0.593. The summed E-state index contributed by atoms with van der Waals surface area (Å²) in [6.45, 7) is 2.81. The highest BCUT2D eigenvalue weighted by molar-refractivity contribution is 5.69. The van der Waals surface area contributed by atoms with Crippen molar-refractivity contribution in [1.29, 1.82) is 0 Å². The molecule has 1 aromatic heterocycles. The third-order valence-corrected chi connectivity index (χ3v) is 8.65. The van der Waals surface area contributed by atoms with E-state index in [1.807, 2.05) is 13.2 Å². The van der Waals surface area contributed by atoms with Crippen molar-refractivity contribution >= 4 is 12.1 Å². The summed E-state index contributed by atoms with van der Waals surface area (Å²) in [5.41, 5.74) is 3.53. The van der Waals surface area contributed by atoms with E-state index in [9.17, 15) is 14.7 Å². The molecule has 35 heavy (non-hydrogen) atoms. The summed E-state index contributed by atoms with van der Waals surface area (Å²) in [5, 5.41) is 13.7. The molecule has 3 heterocycles. The summed E-state index contributed by atoms with van der Waals surface area (Å²) in [6.07, 6.45) is 7.42. The Kier molecular flexibility index (Phi) is 6.11. The minimum atomic E-state index is -0.786. The lowest BCUT2D eigenvalue weighted by molar-refractivity contribution is -0.174. The van der Waals surface area contributed by atoms with Gasteiger partial charge in [-0.15, -0.1) is 0 Å². The Hall–Kier alpha value is -2.87.